The third-order valence-electron chi connectivity index (χ3n) is 4.77. The first-order chi connectivity index (χ1) is 13.7. The lowest BCUT2D eigenvalue weighted by Crippen LogP contribution is -2.17. The molecule has 0 fully saturated rings. The van der Waals surface area contributed by atoms with Crippen LogP contribution in [0.4, 0.5) is 0 Å². The molecule has 4 aromatic rings. The summed E-state index contributed by atoms with van der Waals surface area (Å²) < 4.78 is 7.32. The van der Waals surface area contributed by atoms with Crippen LogP contribution in [-0.4, -0.2) is 38.8 Å². The van der Waals surface area contributed by atoms with Crippen molar-refractivity contribution >= 4 is 10.9 Å². The fourth-order valence-corrected chi connectivity index (χ4v) is 3.51. The summed E-state index contributed by atoms with van der Waals surface area (Å²) in [6.45, 7) is 2.33. The Morgan fingerprint density at radius 3 is 2.79 bits per heavy atom. The molecule has 2 aromatic carbocycles. The van der Waals surface area contributed by atoms with E-state index in [1.165, 1.54) is 16.5 Å². The Morgan fingerprint density at radius 1 is 1.04 bits per heavy atom. The van der Waals surface area contributed by atoms with E-state index in [4.69, 9.17) is 4.74 Å². The fourth-order valence-electron chi connectivity index (χ4n) is 3.51. The minimum atomic E-state index is 0.635. The summed E-state index contributed by atoms with van der Waals surface area (Å²) in [5, 5.41) is 5.40. The average molecular weight is 373 g/mol. The molecule has 0 bridgehead atoms. The van der Waals surface area contributed by atoms with Gasteiger partial charge in [-0.25, -0.2) is 9.67 Å². The van der Waals surface area contributed by atoms with Gasteiger partial charge in [0.1, 0.15) is 18.4 Å². The van der Waals surface area contributed by atoms with Crippen molar-refractivity contribution in [3.8, 4) is 5.75 Å². The van der Waals surface area contributed by atoms with Crippen LogP contribution in [0.15, 0.2) is 67.4 Å². The topological polar surface area (TPSA) is 56.1 Å². The van der Waals surface area contributed by atoms with Gasteiger partial charge in [-0.05, 0) is 42.4 Å². The first-order valence-electron chi connectivity index (χ1n) is 9.22. The molecule has 0 N–H and O–H groups in total. The first-order valence-corrected chi connectivity index (χ1v) is 9.22. The van der Waals surface area contributed by atoms with Crippen molar-refractivity contribution in [3.05, 3.63) is 84.1 Å². The second-order valence-electron chi connectivity index (χ2n) is 6.90. The maximum Gasteiger partial charge on any atom is 0.137 e. The molecule has 2 heterocycles. The molecule has 0 unspecified atom stereocenters. The van der Waals surface area contributed by atoms with Crippen molar-refractivity contribution in [1.82, 2.24) is 24.6 Å². The molecule has 0 aliphatic rings. The van der Waals surface area contributed by atoms with E-state index in [0.717, 1.165) is 29.9 Å². The van der Waals surface area contributed by atoms with E-state index in [2.05, 4.69) is 63.4 Å². The standard InChI is InChI=1S/C22H23N5O/c1-26(13-18-5-3-7-21-20(18)6-4-10-24-21)12-17-8-9-22(28-2)19(11-17)14-27-16-23-15-25-27/h3-11,15-16H,12-14H2,1-2H3. The van der Waals surface area contributed by atoms with E-state index in [9.17, 15) is 0 Å². The molecule has 0 spiro atoms. The molecule has 2 aromatic heterocycles. The quantitative estimate of drug-likeness (QED) is 0.496. The molecule has 0 amide bonds. The lowest BCUT2D eigenvalue weighted by atomic mass is 10.1. The largest absolute Gasteiger partial charge is 0.496 e. The summed E-state index contributed by atoms with van der Waals surface area (Å²) in [5.74, 6) is 0.863. The zero-order chi connectivity index (χ0) is 19.3. The smallest absolute Gasteiger partial charge is 0.137 e. The Labute approximate surface area is 164 Å². The van der Waals surface area contributed by atoms with Crippen LogP contribution in [0, 0.1) is 0 Å². The van der Waals surface area contributed by atoms with Crippen LogP contribution in [0.1, 0.15) is 16.7 Å². The van der Waals surface area contributed by atoms with Gasteiger partial charge in [0, 0.05) is 30.2 Å². The predicted molar refractivity (Wildman–Crippen MR) is 109 cm³/mol. The van der Waals surface area contributed by atoms with E-state index in [0.29, 0.717) is 6.54 Å². The maximum absolute atomic E-state index is 5.52. The third-order valence-corrected chi connectivity index (χ3v) is 4.77. The van der Waals surface area contributed by atoms with Gasteiger partial charge in [-0.2, -0.15) is 5.10 Å². The summed E-state index contributed by atoms with van der Waals surface area (Å²) in [6, 6.07) is 16.7. The highest BCUT2D eigenvalue weighted by atomic mass is 16.5. The highest BCUT2D eigenvalue weighted by Crippen LogP contribution is 2.23. The van der Waals surface area contributed by atoms with Crippen LogP contribution in [0.2, 0.25) is 0 Å². The minimum Gasteiger partial charge on any atom is -0.496 e. The van der Waals surface area contributed by atoms with Crippen molar-refractivity contribution in [2.24, 2.45) is 0 Å². The summed E-state index contributed by atoms with van der Waals surface area (Å²) >= 11 is 0. The number of methoxy groups -OCH3 is 1. The monoisotopic (exact) mass is 373 g/mol. The zero-order valence-electron chi connectivity index (χ0n) is 16.1. The normalized spacial score (nSPS) is 11.2. The van der Waals surface area contributed by atoms with Crippen LogP contribution in [0.25, 0.3) is 10.9 Å². The zero-order valence-corrected chi connectivity index (χ0v) is 16.1. The molecule has 0 atom stereocenters. The number of hydrogen-bond donors (Lipinski definition) is 0. The average Bonchev–Trinajstić information content (AvgIpc) is 3.22. The molecule has 4 rings (SSSR count). The predicted octanol–water partition coefficient (Wildman–Crippen LogP) is 3.52. The van der Waals surface area contributed by atoms with Crippen molar-refractivity contribution < 1.29 is 4.74 Å². The SMILES string of the molecule is COc1ccc(CN(C)Cc2cccc3ncccc23)cc1Cn1cncn1. The lowest BCUT2D eigenvalue weighted by Gasteiger charge is -2.19. The first kappa shape index (κ1) is 18.1. The molecular formula is C22H23N5O. The highest BCUT2D eigenvalue weighted by molar-refractivity contribution is 5.81. The van der Waals surface area contributed by atoms with E-state index < -0.39 is 0 Å². The van der Waals surface area contributed by atoms with Gasteiger partial charge in [-0.1, -0.05) is 24.3 Å². The Morgan fingerprint density at radius 2 is 1.96 bits per heavy atom. The molecule has 142 valence electrons. The number of pyridine rings is 1. The van der Waals surface area contributed by atoms with Gasteiger partial charge >= 0.3 is 0 Å². The molecule has 6 nitrogen and oxygen atoms in total. The molecule has 28 heavy (non-hydrogen) atoms. The van der Waals surface area contributed by atoms with Gasteiger partial charge in [-0.3, -0.25) is 9.88 Å². The number of aromatic nitrogens is 4. The molecule has 0 aliphatic carbocycles. The fraction of sp³-hybridized carbons (Fsp3) is 0.227. The highest BCUT2D eigenvalue weighted by Gasteiger charge is 2.09. The van der Waals surface area contributed by atoms with E-state index in [1.54, 1.807) is 24.4 Å². The van der Waals surface area contributed by atoms with Crippen molar-refractivity contribution in [2.75, 3.05) is 14.2 Å². The molecule has 0 radical (unpaired) electrons. The van der Waals surface area contributed by atoms with Crippen molar-refractivity contribution in [1.29, 1.82) is 0 Å². The Hall–Kier alpha value is -3.25. The van der Waals surface area contributed by atoms with Crippen LogP contribution in [-0.2, 0) is 19.6 Å². The third kappa shape index (κ3) is 4.02. The summed E-state index contributed by atoms with van der Waals surface area (Å²) in [6.07, 6.45) is 5.10. The van der Waals surface area contributed by atoms with Gasteiger partial charge in [0.05, 0.1) is 19.2 Å². The molecule has 6 heteroatoms. The van der Waals surface area contributed by atoms with E-state index in [-0.39, 0.29) is 0 Å². The van der Waals surface area contributed by atoms with Crippen LogP contribution < -0.4 is 4.74 Å². The molecular weight excluding hydrogens is 350 g/mol. The number of benzene rings is 2. The van der Waals surface area contributed by atoms with Gasteiger partial charge in [0.15, 0.2) is 0 Å². The van der Waals surface area contributed by atoms with E-state index in [1.807, 2.05) is 18.3 Å². The number of fused-ring (bicyclic) bond motifs is 1. The number of rotatable bonds is 7. The molecule has 0 saturated heterocycles. The van der Waals surface area contributed by atoms with Crippen molar-refractivity contribution in [2.45, 2.75) is 19.6 Å². The molecule has 0 saturated carbocycles. The summed E-state index contributed by atoms with van der Waals surface area (Å²) in [7, 11) is 3.83. The summed E-state index contributed by atoms with van der Waals surface area (Å²) in [5.41, 5.74) is 4.64. The van der Waals surface area contributed by atoms with Gasteiger partial charge < -0.3 is 4.74 Å². The van der Waals surface area contributed by atoms with Crippen LogP contribution in [0.3, 0.4) is 0 Å². The Bertz CT molecular complexity index is 1060. The molecule has 0 aliphatic heterocycles. The Kier molecular flexibility index (Phi) is 5.30. The van der Waals surface area contributed by atoms with Gasteiger partial charge in [0.2, 0.25) is 0 Å². The van der Waals surface area contributed by atoms with Crippen molar-refractivity contribution in [3.63, 3.8) is 0 Å². The van der Waals surface area contributed by atoms with Gasteiger partial charge in [-0.15, -0.1) is 0 Å². The maximum atomic E-state index is 5.52. The second-order valence-corrected chi connectivity index (χ2v) is 6.90. The second kappa shape index (κ2) is 8.19. The van der Waals surface area contributed by atoms with Crippen LogP contribution in [0.5, 0.6) is 5.75 Å². The minimum absolute atomic E-state index is 0.635. The van der Waals surface area contributed by atoms with Crippen LogP contribution >= 0.6 is 0 Å². The van der Waals surface area contributed by atoms with Gasteiger partial charge in [0.25, 0.3) is 0 Å². The van der Waals surface area contributed by atoms with E-state index >= 15 is 0 Å². The lowest BCUT2D eigenvalue weighted by molar-refractivity contribution is 0.320. The Balaban J connectivity index is 1.51. The number of ether oxygens (including phenoxy) is 1. The number of nitrogens with zero attached hydrogens (tertiary/aromatic N) is 5. The summed E-state index contributed by atoms with van der Waals surface area (Å²) in [4.78, 5) is 10.8. The number of hydrogen-bond acceptors (Lipinski definition) is 5.